The van der Waals surface area contributed by atoms with E-state index in [9.17, 15) is 0 Å². The van der Waals surface area contributed by atoms with E-state index in [1.165, 1.54) is 53.2 Å². The summed E-state index contributed by atoms with van der Waals surface area (Å²) in [7, 11) is -0.336. The van der Waals surface area contributed by atoms with Crippen LogP contribution >= 0.6 is 11.3 Å². The van der Waals surface area contributed by atoms with Gasteiger partial charge in [0, 0.05) is 20.2 Å². The molecule has 6 aromatic rings. The molecule has 4 heteroatoms. The van der Waals surface area contributed by atoms with Crippen molar-refractivity contribution in [1.82, 2.24) is 0 Å². The highest BCUT2D eigenvalue weighted by Gasteiger charge is 2.51. The van der Waals surface area contributed by atoms with Crippen molar-refractivity contribution < 1.29 is 9.31 Å². The zero-order chi connectivity index (χ0) is 26.1. The predicted octanol–water partition coefficient (Wildman–Crippen LogP) is 8.84. The molecule has 0 N–H and O–H groups in total. The lowest BCUT2D eigenvalue weighted by Crippen LogP contribution is -2.41. The Morgan fingerprint density at radius 1 is 0.553 bits per heavy atom. The first-order valence-corrected chi connectivity index (χ1v) is 14.0. The van der Waals surface area contributed by atoms with E-state index >= 15 is 0 Å². The van der Waals surface area contributed by atoms with Crippen LogP contribution in [-0.2, 0) is 9.31 Å². The van der Waals surface area contributed by atoms with Crippen LogP contribution in [0.15, 0.2) is 103 Å². The van der Waals surface area contributed by atoms with Crippen molar-refractivity contribution in [2.75, 3.05) is 0 Å². The zero-order valence-electron chi connectivity index (χ0n) is 22.1. The molecule has 1 aromatic heterocycles. The lowest BCUT2D eigenvalue weighted by molar-refractivity contribution is 0.00578. The minimum atomic E-state index is -0.336. The van der Waals surface area contributed by atoms with E-state index in [0.29, 0.717) is 0 Å². The summed E-state index contributed by atoms with van der Waals surface area (Å²) < 4.78 is 15.1. The molecule has 0 amide bonds. The molecule has 38 heavy (non-hydrogen) atoms. The normalized spacial score (nSPS) is 16.6. The molecular formula is C34H29BO2S. The predicted molar refractivity (Wildman–Crippen MR) is 163 cm³/mol. The van der Waals surface area contributed by atoms with Gasteiger partial charge in [0.15, 0.2) is 0 Å². The zero-order valence-corrected chi connectivity index (χ0v) is 22.9. The fourth-order valence-electron chi connectivity index (χ4n) is 5.35. The van der Waals surface area contributed by atoms with Gasteiger partial charge < -0.3 is 9.31 Å². The molecule has 0 bridgehead atoms. The Morgan fingerprint density at radius 2 is 1.13 bits per heavy atom. The quantitative estimate of drug-likeness (QED) is 0.221. The number of benzene rings is 5. The van der Waals surface area contributed by atoms with Crippen molar-refractivity contribution in [2.24, 2.45) is 0 Å². The van der Waals surface area contributed by atoms with Gasteiger partial charge in [-0.15, -0.1) is 11.3 Å². The molecule has 1 fully saturated rings. The number of hydrogen-bond donors (Lipinski definition) is 0. The first-order chi connectivity index (χ1) is 18.3. The Hall–Kier alpha value is -3.44. The third kappa shape index (κ3) is 3.79. The third-order valence-corrected chi connectivity index (χ3v) is 9.57. The fourth-order valence-corrected chi connectivity index (χ4v) is 6.57. The van der Waals surface area contributed by atoms with Gasteiger partial charge in [0.25, 0.3) is 0 Å². The third-order valence-electron chi connectivity index (χ3n) is 8.35. The SMILES string of the molecule is CC1(C)OB(c2ccc(-c3ccc(-c4ccc5sc6c7ccccc7ccc6c5c4)cc3)cc2)OC1(C)C. The van der Waals surface area contributed by atoms with Crippen molar-refractivity contribution in [1.29, 1.82) is 0 Å². The Labute approximate surface area is 228 Å². The first-order valence-electron chi connectivity index (χ1n) is 13.2. The second-order valence-electron chi connectivity index (χ2n) is 11.3. The molecule has 186 valence electrons. The average Bonchev–Trinajstić information content (AvgIpc) is 3.41. The van der Waals surface area contributed by atoms with E-state index in [-0.39, 0.29) is 18.3 Å². The van der Waals surface area contributed by atoms with Gasteiger partial charge in [-0.1, -0.05) is 91.0 Å². The lowest BCUT2D eigenvalue weighted by Gasteiger charge is -2.32. The second-order valence-corrected chi connectivity index (χ2v) is 12.3. The molecule has 2 nitrogen and oxygen atoms in total. The standard InChI is InChI=1S/C34H29BO2S/c1-33(2)34(3,4)37-35(36-33)27-17-13-23(14-18-27)22-9-11-24(12-10-22)26-16-20-31-30(21-26)29-19-15-25-7-5-6-8-28(25)32(29)38-31/h5-21H,1-4H3. The summed E-state index contributed by atoms with van der Waals surface area (Å²) in [6.07, 6.45) is 0. The van der Waals surface area contributed by atoms with Crippen LogP contribution in [0, 0.1) is 0 Å². The molecule has 0 atom stereocenters. The maximum absolute atomic E-state index is 6.21. The van der Waals surface area contributed by atoms with Crippen molar-refractivity contribution in [3.05, 3.63) is 103 Å². The van der Waals surface area contributed by atoms with Crippen molar-refractivity contribution in [2.45, 2.75) is 38.9 Å². The molecule has 0 spiro atoms. The maximum Gasteiger partial charge on any atom is 0.494 e. The van der Waals surface area contributed by atoms with Crippen LogP contribution in [0.1, 0.15) is 27.7 Å². The van der Waals surface area contributed by atoms with Gasteiger partial charge >= 0.3 is 7.12 Å². The van der Waals surface area contributed by atoms with Crippen LogP contribution in [0.4, 0.5) is 0 Å². The highest BCUT2D eigenvalue weighted by Crippen LogP contribution is 2.40. The van der Waals surface area contributed by atoms with Crippen LogP contribution in [0.2, 0.25) is 0 Å². The molecule has 0 aliphatic carbocycles. The summed E-state index contributed by atoms with van der Waals surface area (Å²) in [5.74, 6) is 0. The van der Waals surface area contributed by atoms with Gasteiger partial charge in [-0.05, 0) is 78.3 Å². The number of fused-ring (bicyclic) bond motifs is 5. The smallest absolute Gasteiger partial charge is 0.399 e. The van der Waals surface area contributed by atoms with Crippen molar-refractivity contribution in [3.63, 3.8) is 0 Å². The molecule has 1 aliphatic heterocycles. The summed E-state index contributed by atoms with van der Waals surface area (Å²) in [4.78, 5) is 0. The van der Waals surface area contributed by atoms with Crippen LogP contribution in [0.5, 0.6) is 0 Å². The number of thiophene rings is 1. The Kier molecular flexibility index (Phi) is 5.32. The van der Waals surface area contributed by atoms with Crippen molar-refractivity contribution in [3.8, 4) is 22.3 Å². The van der Waals surface area contributed by atoms with Gasteiger partial charge in [-0.25, -0.2) is 0 Å². The molecule has 0 saturated carbocycles. The van der Waals surface area contributed by atoms with Crippen LogP contribution in [0.3, 0.4) is 0 Å². The summed E-state index contributed by atoms with van der Waals surface area (Å²) >= 11 is 1.89. The molecule has 1 aliphatic rings. The summed E-state index contributed by atoms with van der Waals surface area (Å²) in [5.41, 5.74) is 5.23. The highest BCUT2D eigenvalue weighted by molar-refractivity contribution is 7.26. The van der Waals surface area contributed by atoms with Gasteiger partial charge in [0.1, 0.15) is 0 Å². The highest BCUT2D eigenvalue weighted by atomic mass is 32.1. The molecule has 5 aromatic carbocycles. The van der Waals surface area contributed by atoms with E-state index in [2.05, 4.69) is 131 Å². The van der Waals surface area contributed by atoms with Crippen molar-refractivity contribution >= 4 is 54.9 Å². The summed E-state index contributed by atoms with van der Waals surface area (Å²) in [6.45, 7) is 8.35. The van der Waals surface area contributed by atoms with Crippen LogP contribution in [0.25, 0.3) is 53.2 Å². The molecule has 7 rings (SSSR count). The topological polar surface area (TPSA) is 18.5 Å². The van der Waals surface area contributed by atoms with Gasteiger partial charge in [0.2, 0.25) is 0 Å². The van der Waals surface area contributed by atoms with E-state index in [1.54, 1.807) is 0 Å². The summed E-state index contributed by atoms with van der Waals surface area (Å²) in [5, 5.41) is 5.30. The van der Waals surface area contributed by atoms with Gasteiger partial charge in [-0.2, -0.15) is 0 Å². The molecule has 2 heterocycles. The Balaban J connectivity index is 1.17. The lowest BCUT2D eigenvalue weighted by atomic mass is 9.78. The first kappa shape index (κ1) is 23.7. The van der Waals surface area contributed by atoms with Crippen LogP contribution < -0.4 is 5.46 Å². The van der Waals surface area contributed by atoms with Gasteiger partial charge in [0.05, 0.1) is 11.2 Å². The minimum absolute atomic E-state index is 0.335. The minimum Gasteiger partial charge on any atom is -0.399 e. The van der Waals surface area contributed by atoms with Crippen LogP contribution in [-0.4, -0.2) is 18.3 Å². The monoisotopic (exact) mass is 512 g/mol. The second kappa shape index (κ2) is 8.54. The molecule has 1 saturated heterocycles. The van der Waals surface area contributed by atoms with E-state index in [0.717, 1.165) is 5.46 Å². The van der Waals surface area contributed by atoms with E-state index < -0.39 is 0 Å². The number of rotatable bonds is 3. The van der Waals surface area contributed by atoms with E-state index in [4.69, 9.17) is 9.31 Å². The number of hydrogen-bond acceptors (Lipinski definition) is 3. The molecular weight excluding hydrogens is 483 g/mol. The van der Waals surface area contributed by atoms with E-state index in [1.807, 2.05) is 11.3 Å². The molecule has 0 unspecified atom stereocenters. The Morgan fingerprint density at radius 3 is 1.82 bits per heavy atom. The maximum atomic E-state index is 6.21. The molecule has 0 radical (unpaired) electrons. The Bertz CT molecular complexity index is 1800. The fraction of sp³-hybridized carbons (Fsp3) is 0.176. The summed E-state index contributed by atoms with van der Waals surface area (Å²) in [6, 6.07) is 37.4. The van der Waals surface area contributed by atoms with Gasteiger partial charge in [-0.3, -0.25) is 0 Å². The average molecular weight is 512 g/mol. The largest absolute Gasteiger partial charge is 0.494 e.